The molecule has 6 nitrogen and oxygen atoms in total. The van der Waals surface area contributed by atoms with Gasteiger partial charge in [-0.3, -0.25) is 9.59 Å². The predicted octanol–water partition coefficient (Wildman–Crippen LogP) is 2.31. The Kier molecular flexibility index (Phi) is 12.7. The van der Waals surface area contributed by atoms with E-state index in [4.69, 9.17) is 9.47 Å². The summed E-state index contributed by atoms with van der Waals surface area (Å²) in [6, 6.07) is 10.5. The van der Waals surface area contributed by atoms with E-state index in [0.717, 1.165) is 32.4 Å². The Morgan fingerprint density at radius 1 is 0.806 bits per heavy atom. The molecule has 36 heavy (non-hydrogen) atoms. The van der Waals surface area contributed by atoms with Crippen LogP contribution in [0.4, 0.5) is 0 Å². The van der Waals surface area contributed by atoms with E-state index in [2.05, 4.69) is 52.1 Å². The van der Waals surface area contributed by atoms with E-state index in [9.17, 15) is 9.59 Å². The number of nitrogens with zero attached hydrogens (tertiary/aromatic N) is 2. The lowest BCUT2D eigenvalue weighted by molar-refractivity contribution is -0.687. The third-order valence-electron chi connectivity index (χ3n) is 6.64. The van der Waals surface area contributed by atoms with E-state index in [-0.39, 0.29) is 40.1 Å². The zero-order valence-corrected chi connectivity index (χ0v) is 23.4. The molecule has 0 bridgehead atoms. The van der Waals surface area contributed by atoms with E-state index in [1.54, 1.807) is 6.92 Å². The van der Waals surface area contributed by atoms with E-state index >= 15 is 0 Å². The maximum Gasteiger partial charge on any atom is 0.244 e. The van der Waals surface area contributed by atoms with Gasteiger partial charge in [0.25, 0.3) is 0 Å². The second kappa shape index (κ2) is 15.4. The number of imidazole rings is 1. The zero-order chi connectivity index (χ0) is 25.0. The first kappa shape index (κ1) is 29.6. The predicted molar refractivity (Wildman–Crippen MR) is 135 cm³/mol. The quantitative estimate of drug-likeness (QED) is 0.191. The molecule has 0 saturated heterocycles. The van der Waals surface area contributed by atoms with Crippen molar-refractivity contribution in [2.24, 2.45) is 0 Å². The molecule has 2 aromatic rings. The zero-order valence-electron chi connectivity index (χ0n) is 21.8. The van der Waals surface area contributed by atoms with Crippen LogP contribution in [0.2, 0.25) is 0 Å². The molecule has 1 aromatic carbocycles. The first-order valence-electron chi connectivity index (χ1n) is 12.7. The van der Waals surface area contributed by atoms with E-state index in [1.165, 1.54) is 51.9 Å². The van der Waals surface area contributed by atoms with Gasteiger partial charge in [-0.15, -0.1) is 0 Å². The highest BCUT2D eigenvalue weighted by molar-refractivity contribution is 6.23. The summed E-state index contributed by atoms with van der Waals surface area (Å²) in [5.74, 6) is -0.412. The Bertz CT molecular complexity index is 1060. The number of aryl methyl sites for hydroxylation is 1. The van der Waals surface area contributed by atoms with Crippen molar-refractivity contribution < 1.29 is 40.6 Å². The third kappa shape index (κ3) is 8.19. The number of hydrogen-bond donors (Lipinski definition) is 0. The summed E-state index contributed by atoms with van der Waals surface area (Å²) < 4.78 is 14.7. The molecule has 0 radical (unpaired) electrons. The molecule has 0 aliphatic heterocycles. The third-order valence-corrected chi connectivity index (χ3v) is 6.64. The number of rotatable bonds is 15. The van der Waals surface area contributed by atoms with Crippen LogP contribution in [0.3, 0.4) is 0 Å². The molecule has 3 rings (SSSR count). The summed E-state index contributed by atoms with van der Waals surface area (Å²) in [6.45, 7) is 3.68. The lowest BCUT2D eigenvalue weighted by atomic mass is 9.89. The van der Waals surface area contributed by atoms with Crippen LogP contribution < -0.4 is 21.5 Å². The van der Waals surface area contributed by atoms with Crippen molar-refractivity contribution >= 4 is 11.6 Å². The molecule has 0 saturated carbocycles. The van der Waals surface area contributed by atoms with Gasteiger partial charge in [-0.25, -0.2) is 9.13 Å². The molecule has 0 atom stereocenters. The van der Waals surface area contributed by atoms with E-state index in [0.29, 0.717) is 17.6 Å². The number of Topliss-reactive ketones (excluding diaryl/α,β-unsaturated/α-hetero) is 2. The van der Waals surface area contributed by atoms with Gasteiger partial charge in [0, 0.05) is 11.1 Å². The molecule has 1 aliphatic carbocycles. The number of methoxy groups -OCH3 is 2. The van der Waals surface area contributed by atoms with Gasteiger partial charge in [0.1, 0.15) is 18.9 Å². The van der Waals surface area contributed by atoms with Gasteiger partial charge < -0.3 is 26.5 Å². The first-order valence-corrected chi connectivity index (χ1v) is 12.7. The van der Waals surface area contributed by atoms with Gasteiger partial charge in [0.15, 0.2) is 0 Å². The average molecular weight is 560 g/mol. The van der Waals surface area contributed by atoms with E-state index in [1.807, 2.05) is 6.07 Å². The number of carbonyl (C=O) groups is 2. The maximum absolute atomic E-state index is 12.7. The van der Waals surface area contributed by atoms with Gasteiger partial charge in [0.05, 0.1) is 20.8 Å². The van der Waals surface area contributed by atoms with E-state index < -0.39 is 0 Å². The number of unbranched alkanes of at least 4 members (excludes halogenated alkanes) is 7. The number of benzene rings is 1. The normalized spacial score (nSPS) is 13.8. The van der Waals surface area contributed by atoms with Gasteiger partial charge in [-0.05, 0) is 38.2 Å². The van der Waals surface area contributed by atoms with Crippen molar-refractivity contribution in [3.8, 4) is 0 Å². The van der Waals surface area contributed by atoms with Crippen molar-refractivity contribution in [3.63, 3.8) is 0 Å². The van der Waals surface area contributed by atoms with Crippen LogP contribution >= 0.6 is 0 Å². The SMILES string of the molecule is COC1=C(OC)C(=O)C(CCCCCCCCCCn2cc[n+](Cc3ccccc3)c2)=C(C)C1=O.[Br-]. The summed E-state index contributed by atoms with van der Waals surface area (Å²) in [6.07, 6.45) is 16.4. The number of allylic oxidation sites excluding steroid dienone is 2. The number of carbonyl (C=O) groups excluding carboxylic acids is 2. The summed E-state index contributed by atoms with van der Waals surface area (Å²) in [5, 5.41) is 0. The van der Waals surface area contributed by atoms with Crippen molar-refractivity contribution in [1.29, 1.82) is 0 Å². The monoisotopic (exact) mass is 558 g/mol. The van der Waals surface area contributed by atoms with Crippen molar-refractivity contribution in [2.45, 2.75) is 77.8 Å². The molecule has 0 amide bonds. The lowest BCUT2D eigenvalue weighted by Crippen LogP contribution is -3.00. The number of ketones is 2. The Morgan fingerprint density at radius 2 is 1.39 bits per heavy atom. The summed E-state index contributed by atoms with van der Waals surface area (Å²) in [7, 11) is 2.79. The Labute approximate surface area is 225 Å². The van der Waals surface area contributed by atoms with Crippen LogP contribution in [0, 0.1) is 0 Å². The minimum atomic E-state index is -0.245. The molecule has 1 heterocycles. The minimum absolute atomic E-state index is 0. The number of aromatic nitrogens is 2. The number of halogens is 1. The molecule has 7 heteroatoms. The smallest absolute Gasteiger partial charge is 0.244 e. The van der Waals surface area contributed by atoms with Crippen LogP contribution in [-0.4, -0.2) is 30.4 Å². The lowest BCUT2D eigenvalue weighted by Gasteiger charge is -2.20. The van der Waals surface area contributed by atoms with Gasteiger partial charge in [0.2, 0.25) is 29.4 Å². The molecule has 0 N–H and O–H groups in total. The fourth-order valence-electron chi connectivity index (χ4n) is 4.61. The minimum Gasteiger partial charge on any atom is -1.00 e. The Morgan fingerprint density at radius 3 is 2.03 bits per heavy atom. The Hall–Kier alpha value is -2.67. The van der Waals surface area contributed by atoms with Gasteiger partial charge in [-0.1, -0.05) is 62.4 Å². The van der Waals surface area contributed by atoms with Crippen LogP contribution in [-0.2, 0) is 32.2 Å². The highest BCUT2D eigenvalue weighted by atomic mass is 79.9. The fraction of sp³-hybridized carbons (Fsp3) is 0.483. The summed E-state index contributed by atoms with van der Waals surface area (Å²) in [4.78, 5) is 25.1. The van der Waals surface area contributed by atoms with Gasteiger partial charge >= 0.3 is 0 Å². The van der Waals surface area contributed by atoms with Gasteiger partial charge in [-0.2, -0.15) is 0 Å². The molecule has 0 fully saturated rings. The topological polar surface area (TPSA) is 61.4 Å². The molecular weight excluding hydrogens is 520 g/mol. The van der Waals surface area contributed by atoms with Crippen molar-refractivity contribution in [2.75, 3.05) is 14.2 Å². The first-order chi connectivity index (χ1) is 17.0. The highest BCUT2D eigenvalue weighted by Crippen LogP contribution is 2.28. The number of ether oxygens (including phenoxy) is 2. The fourth-order valence-corrected chi connectivity index (χ4v) is 4.61. The average Bonchev–Trinajstić information content (AvgIpc) is 3.31. The number of hydrogen-bond acceptors (Lipinski definition) is 4. The summed E-state index contributed by atoms with van der Waals surface area (Å²) in [5.41, 5.74) is 2.38. The molecular formula is C29H39BrN2O4. The van der Waals surface area contributed by atoms with Crippen LogP contribution in [0.15, 0.2) is 71.7 Å². The molecule has 0 unspecified atom stereocenters. The maximum atomic E-state index is 12.7. The molecule has 1 aromatic heterocycles. The highest BCUT2D eigenvalue weighted by Gasteiger charge is 2.34. The molecule has 196 valence electrons. The molecule has 1 aliphatic rings. The van der Waals surface area contributed by atoms with Crippen LogP contribution in [0.5, 0.6) is 0 Å². The standard InChI is InChI=1S/C29H39N2O4.BrH/c1-23-25(27(33)29(35-3)28(34-2)26(23)32)17-13-8-6-4-5-7-9-14-18-30-19-20-31(22-30)21-24-15-11-10-12-16-24;/h10-12,15-16,19-20,22H,4-9,13-14,17-18,21H2,1-3H3;1H/q+1;/p-1. The van der Waals surface area contributed by atoms with Crippen LogP contribution in [0.25, 0.3) is 0 Å². The second-order valence-corrected chi connectivity index (χ2v) is 9.22. The summed E-state index contributed by atoms with van der Waals surface area (Å²) >= 11 is 0. The second-order valence-electron chi connectivity index (χ2n) is 9.22. The van der Waals surface area contributed by atoms with Crippen molar-refractivity contribution in [1.82, 2.24) is 4.57 Å². The molecule has 0 spiro atoms. The Balaban J connectivity index is 0.00000456. The largest absolute Gasteiger partial charge is 1.00 e. The van der Waals surface area contributed by atoms with Crippen LogP contribution in [0.1, 0.15) is 70.3 Å². The van der Waals surface area contributed by atoms with Crippen molar-refractivity contribution in [3.05, 3.63) is 77.3 Å².